The maximum absolute atomic E-state index is 12.5. The number of nitrogens with one attached hydrogen (secondary N) is 1. The summed E-state index contributed by atoms with van der Waals surface area (Å²) in [6.45, 7) is 6.65. The number of carbonyl (C=O) groups excluding carboxylic acids is 1. The standard InChI is InChI=1S/C22H23N5O3S/c1-22(2,3)17-12-19(30-26-17)23-18(28)14-31-21-25-24-20(16-10-7-11-29-16)27(21)13-15-8-5-4-6-9-15/h4-12H,13-14H2,1-3H3,(H,23,28). The second-order valence-corrected chi connectivity index (χ2v) is 8.96. The van der Waals surface area contributed by atoms with Crippen LogP contribution < -0.4 is 5.32 Å². The molecule has 0 fully saturated rings. The number of aromatic nitrogens is 4. The van der Waals surface area contributed by atoms with Crippen LogP contribution in [0.4, 0.5) is 5.88 Å². The van der Waals surface area contributed by atoms with E-state index in [4.69, 9.17) is 8.94 Å². The average molecular weight is 438 g/mol. The molecule has 0 saturated heterocycles. The summed E-state index contributed by atoms with van der Waals surface area (Å²) in [5.41, 5.74) is 1.72. The summed E-state index contributed by atoms with van der Waals surface area (Å²) < 4.78 is 12.7. The van der Waals surface area contributed by atoms with Gasteiger partial charge in [0, 0.05) is 11.5 Å². The van der Waals surface area contributed by atoms with Crippen LogP contribution >= 0.6 is 11.8 Å². The Labute approximate surface area is 184 Å². The second-order valence-electron chi connectivity index (χ2n) is 8.02. The summed E-state index contributed by atoms with van der Waals surface area (Å²) in [5.74, 6) is 1.50. The largest absolute Gasteiger partial charge is 0.461 e. The number of nitrogens with zero attached hydrogens (tertiary/aromatic N) is 4. The summed E-state index contributed by atoms with van der Waals surface area (Å²) in [7, 11) is 0. The number of hydrogen-bond acceptors (Lipinski definition) is 7. The molecule has 0 atom stereocenters. The molecule has 9 heteroatoms. The highest BCUT2D eigenvalue weighted by atomic mass is 32.2. The van der Waals surface area contributed by atoms with Gasteiger partial charge in [-0.1, -0.05) is 68.0 Å². The smallest absolute Gasteiger partial charge is 0.237 e. The van der Waals surface area contributed by atoms with Crippen LogP contribution in [0, 0.1) is 0 Å². The van der Waals surface area contributed by atoms with Crippen molar-refractivity contribution in [3.8, 4) is 11.6 Å². The van der Waals surface area contributed by atoms with E-state index in [1.54, 1.807) is 18.4 Å². The molecule has 4 aromatic rings. The molecule has 0 saturated carbocycles. The highest BCUT2D eigenvalue weighted by Gasteiger charge is 2.21. The number of rotatable bonds is 7. The molecule has 3 heterocycles. The second kappa shape index (κ2) is 8.81. The fourth-order valence-corrected chi connectivity index (χ4v) is 3.62. The number of carbonyl (C=O) groups is 1. The molecular weight excluding hydrogens is 414 g/mol. The molecule has 0 aliphatic heterocycles. The van der Waals surface area contributed by atoms with E-state index in [1.165, 1.54) is 11.8 Å². The quantitative estimate of drug-likeness (QED) is 0.422. The van der Waals surface area contributed by atoms with Crippen LogP contribution in [0.15, 0.2) is 68.9 Å². The first-order valence-electron chi connectivity index (χ1n) is 9.81. The molecule has 0 aliphatic carbocycles. The normalized spacial score (nSPS) is 11.6. The first-order valence-corrected chi connectivity index (χ1v) is 10.8. The van der Waals surface area contributed by atoms with Gasteiger partial charge in [0.05, 0.1) is 24.3 Å². The zero-order chi connectivity index (χ0) is 21.8. The minimum atomic E-state index is -0.213. The average Bonchev–Trinajstić information content (AvgIpc) is 3.48. The van der Waals surface area contributed by atoms with Gasteiger partial charge < -0.3 is 8.94 Å². The monoisotopic (exact) mass is 437 g/mol. The Kier molecular flexibility index (Phi) is 5.94. The van der Waals surface area contributed by atoms with Crippen LogP contribution in [0.3, 0.4) is 0 Å². The van der Waals surface area contributed by atoms with E-state index in [2.05, 4.69) is 20.7 Å². The summed E-state index contributed by atoms with van der Waals surface area (Å²) in [6.07, 6.45) is 1.60. The van der Waals surface area contributed by atoms with Crippen LogP contribution in [0.5, 0.6) is 0 Å². The maximum Gasteiger partial charge on any atom is 0.237 e. The highest BCUT2D eigenvalue weighted by molar-refractivity contribution is 7.99. The lowest BCUT2D eigenvalue weighted by molar-refractivity contribution is -0.113. The van der Waals surface area contributed by atoms with Crippen molar-refractivity contribution < 1.29 is 13.7 Å². The molecular formula is C22H23N5O3S. The lowest BCUT2D eigenvalue weighted by Gasteiger charge is -2.12. The summed E-state index contributed by atoms with van der Waals surface area (Å²) >= 11 is 1.30. The number of furan rings is 1. The fourth-order valence-electron chi connectivity index (χ4n) is 2.88. The van der Waals surface area contributed by atoms with E-state index in [0.29, 0.717) is 29.2 Å². The van der Waals surface area contributed by atoms with Crippen molar-refractivity contribution in [3.63, 3.8) is 0 Å². The van der Waals surface area contributed by atoms with E-state index >= 15 is 0 Å². The van der Waals surface area contributed by atoms with Gasteiger partial charge >= 0.3 is 0 Å². The van der Waals surface area contributed by atoms with Crippen LogP contribution in [0.1, 0.15) is 32.0 Å². The minimum Gasteiger partial charge on any atom is -0.461 e. The summed E-state index contributed by atoms with van der Waals surface area (Å²) in [4.78, 5) is 12.5. The van der Waals surface area contributed by atoms with E-state index in [9.17, 15) is 4.79 Å². The van der Waals surface area contributed by atoms with Crippen LogP contribution in [-0.2, 0) is 16.8 Å². The van der Waals surface area contributed by atoms with Gasteiger partial charge in [0.25, 0.3) is 0 Å². The third-order valence-corrected chi connectivity index (χ3v) is 5.48. The van der Waals surface area contributed by atoms with Crippen LogP contribution in [0.2, 0.25) is 0 Å². The molecule has 0 radical (unpaired) electrons. The van der Waals surface area contributed by atoms with Gasteiger partial charge in [-0.3, -0.25) is 14.7 Å². The van der Waals surface area contributed by atoms with E-state index in [-0.39, 0.29) is 17.1 Å². The molecule has 31 heavy (non-hydrogen) atoms. The number of benzene rings is 1. The van der Waals surface area contributed by atoms with Crippen molar-refractivity contribution in [2.24, 2.45) is 0 Å². The van der Waals surface area contributed by atoms with Gasteiger partial charge in [0.15, 0.2) is 10.9 Å². The Bertz CT molecular complexity index is 1140. The Hall–Kier alpha value is -3.33. The minimum absolute atomic E-state index is 0.149. The topological polar surface area (TPSA) is 99.0 Å². The van der Waals surface area contributed by atoms with Gasteiger partial charge in [-0.15, -0.1) is 10.2 Å². The molecule has 8 nitrogen and oxygen atoms in total. The van der Waals surface area contributed by atoms with Gasteiger partial charge in [0.2, 0.25) is 17.6 Å². The number of anilines is 1. The maximum atomic E-state index is 12.5. The zero-order valence-corrected chi connectivity index (χ0v) is 18.3. The Morgan fingerprint density at radius 3 is 2.61 bits per heavy atom. The third kappa shape index (κ3) is 5.05. The predicted molar refractivity (Wildman–Crippen MR) is 118 cm³/mol. The molecule has 0 spiro atoms. The zero-order valence-electron chi connectivity index (χ0n) is 17.5. The number of hydrogen-bond donors (Lipinski definition) is 1. The van der Waals surface area contributed by atoms with Crippen molar-refractivity contribution in [1.82, 2.24) is 19.9 Å². The number of amides is 1. The third-order valence-electron chi connectivity index (χ3n) is 4.52. The van der Waals surface area contributed by atoms with E-state index in [1.807, 2.05) is 61.7 Å². The lowest BCUT2D eigenvalue weighted by atomic mass is 9.92. The van der Waals surface area contributed by atoms with Crippen molar-refractivity contribution in [2.45, 2.75) is 37.9 Å². The van der Waals surface area contributed by atoms with Crippen LogP contribution in [-0.4, -0.2) is 31.6 Å². The Morgan fingerprint density at radius 2 is 1.94 bits per heavy atom. The SMILES string of the molecule is CC(C)(C)c1cc(NC(=O)CSc2nnc(-c3ccco3)n2Cc2ccccc2)on1. The predicted octanol–water partition coefficient (Wildman–Crippen LogP) is 4.60. The van der Waals surface area contributed by atoms with E-state index < -0.39 is 0 Å². The van der Waals surface area contributed by atoms with Crippen molar-refractivity contribution in [2.75, 3.05) is 11.1 Å². The first-order chi connectivity index (χ1) is 14.9. The molecule has 160 valence electrons. The first kappa shape index (κ1) is 20.9. The molecule has 3 aromatic heterocycles. The van der Waals surface area contributed by atoms with Crippen molar-refractivity contribution >= 4 is 23.6 Å². The molecule has 1 N–H and O–H groups in total. The number of thioether (sulfide) groups is 1. The van der Waals surface area contributed by atoms with Gasteiger partial charge in [-0.25, -0.2) is 0 Å². The summed E-state index contributed by atoms with van der Waals surface area (Å²) in [6, 6.07) is 15.4. The van der Waals surface area contributed by atoms with Gasteiger partial charge in [0.1, 0.15) is 0 Å². The summed E-state index contributed by atoms with van der Waals surface area (Å²) in [5, 5.41) is 16.0. The molecule has 0 aliphatic rings. The van der Waals surface area contributed by atoms with Crippen LogP contribution in [0.25, 0.3) is 11.6 Å². The molecule has 1 aromatic carbocycles. The van der Waals surface area contributed by atoms with E-state index in [0.717, 1.165) is 11.3 Å². The molecule has 0 unspecified atom stereocenters. The van der Waals surface area contributed by atoms with Crippen molar-refractivity contribution in [3.05, 3.63) is 66.1 Å². The van der Waals surface area contributed by atoms with Gasteiger partial charge in [-0.05, 0) is 17.7 Å². The lowest BCUT2D eigenvalue weighted by Crippen LogP contribution is -2.15. The molecule has 4 rings (SSSR count). The molecule has 1 amide bonds. The Balaban J connectivity index is 1.48. The van der Waals surface area contributed by atoms with Crippen molar-refractivity contribution in [1.29, 1.82) is 0 Å². The fraction of sp³-hybridized carbons (Fsp3) is 0.273. The highest BCUT2D eigenvalue weighted by Crippen LogP contribution is 2.26. The molecule has 0 bridgehead atoms. The van der Waals surface area contributed by atoms with Gasteiger partial charge in [-0.2, -0.15) is 0 Å². The Morgan fingerprint density at radius 1 is 1.13 bits per heavy atom.